The van der Waals surface area contributed by atoms with E-state index in [0.29, 0.717) is 23.2 Å². The first-order valence-corrected chi connectivity index (χ1v) is 8.90. The van der Waals surface area contributed by atoms with Crippen LogP contribution in [-0.2, 0) is 12.2 Å². The number of rotatable bonds is 6. The molecule has 1 aromatic heterocycles. The Morgan fingerprint density at radius 1 is 0.923 bits per heavy atom. The van der Waals surface area contributed by atoms with E-state index in [1.165, 1.54) is 36.0 Å². The standard InChI is InChI=1S/C19H15F3N2OS/c1-2-15-10-18(25-16-6-3-13(20)4-7-16)24-19(23-15)26-11-12-9-14(21)5-8-17(12)22/h3-10H,2,11H2,1H3. The second-order valence-corrected chi connectivity index (χ2v) is 6.36. The largest absolute Gasteiger partial charge is 0.439 e. The van der Waals surface area contributed by atoms with Crippen LogP contribution in [0.15, 0.2) is 53.7 Å². The van der Waals surface area contributed by atoms with Crippen molar-refractivity contribution in [2.24, 2.45) is 0 Å². The molecule has 0 saturated carbocycles. The number of aromatic nitrogens is 2. The Balaban J connectivity index is 1.78. The van der Waals surface area contributed by atoms with Crippen LogP contribution in [0.25, 0.3) is 0 Å². The minimum atomic E-state index is -0.495. The second kappa shape index (κ2) is 8.23. The van der Waals surface area contributed by atoms with Gasteiger partial charge in [0.1, 0.15) is 23.2 Å². The van der Waals surface area contributed by atoms with E-state index in [0.717, 1.165) is 23.9 Å². The molecule has 0 amide bonds. The summed E-state index contributed by atoms with van der Waals surface area (Å²) in [5, 5.41) is 0.394. The molecule has 0 saturated heterocycles. The molecule has 3 nitrogen and oxygen atoms in total. The van der Waals surface area contributed by atoms with Gasteiger partial charge in [-0.05, 0) is 48.9 Å². The molecule has 0 unspecified atom stereocenters. The highest BCUT2D eigenvalue weighted by Gasteiger charge is 2.10. The van der Waals surface area contributed by atoms with Crippen LogP contribution in [0.3, 0.4) is 0 Å². The van der Waals surface area contributed by atoms with Gasteiger partial charge in [0.05, 0.1) is 0 Å². The summed E-state index contributed by atoms with van der Waals surface area (Å²) in [6, 6.07) is 10.6. The van der Waals surface area contributed by atoms with Crippen molar-refractivity contribution in [3.05, 3.63) is 77.2 Å². The molecule has 0 bridgehead atoms. The lowest BCUT2D eigenvalue weighted by atomic mass is 10.2. The van der Waals surface area contributed by atoms with Gasteiger partial charge in [-0.15, -0.1) is 0 Å². The molecule has 2 aromatic carbocycles. The third-order valence-electron chi connectivity index (χ3n) is 3.50. The zero-order valence-corrected chi connectivity index (χ0v) is 14.7. The molecular weight excluding hydrogens is 361 g/mol. The van der Waals surface area contributed by atoms with E-state index in [2.05, 4.69) is 9.97 Å². The predicted octanol–water partition coefficient (Wildman–Crippen LogP) is 5.54. The summed E-state index contributed by atoms with van der Waals surface area (Å²) < 4.78 is 45.6. The fourth-order valence-corrected chi connectivity index (χ4v) is 3.01. The molecule has 1 heterocycles. The fraction of sp³-hybridized carbons (Fsp3) is 0.158. The molecule has 3 aromatic rings. The van der Waals surface area contributed by atoms with Gasteiger partial charge in [-0.3, -0.25) is 0 Å². The monoisotopic (exact) mass is 376 g/mol. The summed E-state index contributed by atoms with van der Waals surface area (Å²) in [6.45, 7) is 1.94. The summed E-state index contributed by atoms with van der Waals surface area (Å²) in [7, 11) is 0. The summed E-state index contributed by atoms with van der Waals surface area (Å²) in [6.07, 6.45) is 0.657. The number of thioether (sulfide) groups is 1. The van der Waals surface area contributed by atoms with Crippen molar-refractivity contribution in [2.75, 3.05) is 0 Å². The van der Waals surface area contributed by atoms with Crippen LogP contribution >= 0.6 is 11.8 Å². The number of aryl methyl sites for hydroxylation is 1. The van der Waals surface area contributed by atoms with Gasteiger partial charge in [-0.25, -0.2) is 18.2 Å². The second-order valence-electron chi connectivity index (χ2n) is 5.41. The molecule has 0 fully saturated rings. The Bertz CT molecular complexity index is 904. The lowest BCUT2D eigenvalue weighted by molar-refractivity contribution is 0.452. The quantitative estimate of drug-likeness (QED) is 0.418. The predicted molar refractivity (Wildman–Crippen MR) is 93.8 cm³/mol. The Labute approximate surface area is 153 Å². The molecule has 0 radical (unpaired) electrons. The van der Waals surface area contributed by atoms with E-state index in [4.69, 9.17) is 4.74 Å². The third kappa shape index (κ3) is 4.76. The van der Waals surface area contributed by atoms with Crippen molar-refractivity contribution in [2.45, 2.75) is 24.3 Å². The number of nitrogens with zero attached hydrogens (tertiary/aromatic N) is 2. The van der Waals surface area contributed by atoms with Crippen LogP contribution in [0.2, 0.25) is 0 Å². The normalized spacial score (nSPS) is 10.8. The Morgan fingerprint density at radius 3 is 2.38 bits per heavy atom. The van der Waals surface area contributed by atoms with Gasteiger partial charge in [0.25, 0.3) is 0 Å². The maximum Gasteiger partial charge on any atom is 0.223 e. The number of ether oxygens (including phenoxy) is 1. The number of halogens is 3. The molecule has 0 atom stereocenters. The smallest absolute Gasteiger partial charge is 0.223 e. The van der Waals surface area contributed by atoms with Crippen LogP contribution in [0.5, 0.6) is 11.6 Å². The van der Waals surface area contributed by atoms with E-state index in [-0.39, 0.29) is 17.1 Å². The van der Waals surface area contributed by atoms with E-state index in [9.17, 15) is 13.2 Å². The molecule has 0 aliphatic rings. The zero-order chi connectivity index (χ0) is 18.5. The number of hydrogen-bond donors (Lipinski definition) is 0. The van der Waals surface area contributed by atoms with Gasteiger partial charge in [0.15, 0.2) is 5.16 Å². The van der Waals surface area contributed by atoms with Gasteiger partial charge in [-0.1, -0.05) is 18.7 Å². The van der Waals surface area contributed by atoms with Crippen molar-refractivity contribution < 1.29 is 17.9 Å². The highest BCUT2D eigenvalue weighted by molar-refractivity contribution is 7.98. The lowest BCUT2D eigenvalue weighted by Crippen LogP contribution is -1.98. The van der Waals surface area contributed by atoms with Gasteiger partial charge < -0.3 is 4.74 Å². The van der Waals surface area contributed by atoms with Crippen molar-refractivity contribution >= 4 is 11.8 Å². The van der Waals surface area contributed by atoms with Crippen LogP contribution in [-0.4, -0.2) is 9.97 Å². The Kier molecular flexibility index (Phi) is 5.78. The maximum absolute atomic E-state index is 13.7. The van der Waals surface area contributed by atoms with Crippen LogP contribution in [0.4, 0.5) is 13.2 Å². The average molecular weight is 376 g/mol. The molecule has 0 spiro atoms. The molecular formula is C19H15F3N2OS. The summed E-state index contributed by atoms with van der Waals surface area (Å²) >= 11 is 1.18. The SMILES string of the molecule is CCc1cc(Oc2ccc(F)cc2)nc(SCc2cc(F)ccc2F)n1. The average Bonchev–Trinajstić information content (AvgIpc) is 2.64. The van der Waals surface area contributed by atoms with Crippen LogP contribution in [0, 0.1) is 17.5 Å². The van der Waals surface area contributed by atoms with Crippen molar-refractivity contribution in [3.8, 4) is 11.6 Å². The van der Waals surface area contributed by atoms with Gasteiger partial charge in [0, 0.05) is 23.1 Å². The molecule has 7 heteroatoms. The number of hydrogen-bond acceptors (Lipinski definition) is 4. The Hall–Kier alpha value is -2.54. The zero-order valence-electron chi connectivity index (χ0n) is 13.9. The third-order valence-corrected chi connectivity index (χ3v) is 4.39. The maximum atomic E-state index is 13.7. The fourth-order valence-electron chi connectivity index (χ4n) is 2.17. The molecule has 0 aliphatic carbocycles. The minimum absolute atomic E-state index is 0.187. The van der Waals surface area contributed by atoms with Crippen LogP contribution in [0.1, 0.15) is 18.2 Å². The first kappa shape index (κ1) is 18.3. The van der Waals surface area contributed by atoms with Crippen molar-refractivity contribution in [1.29, 1.82) is 0 Å². The summed E-state index contributed by atoms with van der Waals surface area (Å²) in [4.78, 5) is 8.66. The molecule has 3 rings (SSSR count). The molecule has 0 aliphatic heterocycles. The van der Waals surface area contributed by atoms with E-state index in [1.807, 2.05) is 6.92 Å². The van der Waals surface area contributed by atoms with Gasteiger partial charge >= 0.3 is 0 Å². The lowest BCUT2D eigenvalue weighted by Gasteiger charge is -2.09. The molecule has 26 heavy (non-hydrogen) atoms. The summed E-state index contributed by atoms with van der Waals surface area (Å²) in [5.74, 6) is -0.390. The van der Waals surface area contributed by atoms with Gasteiger partial charge in [0.2, 0.25) is 5.88 Å². The van der Waals surface area contributed by atoms with E-state index in [1.54, 1.807) is 6.07 Å². The van der Waals surface area contributed by atoms with Crippen LogP contribution < -0.4 is 4.74 Å². The highest BCUT2D eigenvalue weighted by atomic mass is 32.2. The molecule has 134 valence electrons. The topological polar surface area (TPSA) is 35.0 Å². The first-order chi connectivity index (χ1) is 12.5. The first-order valence-electron chi connectivity index (χ1n) is 7.91. The van der Waals surface area contributed by atoms with Gasteiger partial charge in [-0.2, -0.15) is 4.98 Å². The Morgan fingerprint density at radius 2 is 1.65 bits per heavy atom. The van der Waals surface area contributed by atoms with E-state index < -0.39 is 11.6 Å². The van der Waals surface area contributed by atoms with Crippen molar-refractivity contribution in [1.82, 2.24) is 9.97 Å². The van der Waals surface area contributed by atoms with E-state index >= 15 is 0 Å². The highest BCUT2D eigenvalue weighted by Crippen LogP contribution is 2.26. The minimum Gasteiger partial charge on any atom is -0.439 e. The molecule has 0 N–H and O–H groups in total. The van der Waals surface area contributed by atoms with Crippen molar-refractivity contribution in [3.63, 3.8) is 0 Å². The number of benzene rings is 2. The summed E-state index contributed by atoms with van der Waals surface area (Å²) in [5.41, 5.74) is 0.987.